The van der Waals surface area contributed by atoms with E-state index in [1.807, 2.05) is 20.8 Å². The van der Waals surface area contributed by atoms with E-state index in [4.69, 9.17) is 0 Å². The third-order valence-corrected chi connectivity index (χ3v) is 3.58. The molecule has 0 aliphatic carbocycles. The second-order valence-corrected chi connectivity index (χ2v) is 5.78. The molecule has 0 atom stereocenters. The van der Waals surface area contributed by atoms with Gasteiger partial charge in [-0.25, -0.2) is 0 Å². The molecule has 1 aromatic rings. The molecule has 0 aliphatic rings. The lowest BCUT2D eigenvalue weighted by Crippen LogP contribution is -2.43. The highest BCUT2D eigenvalue weighted by atomic mass is 79.9. The van der Waals surface area contributed by atoms with Crippen LogP contribution in [0.4, 0.5) is 5.69 Å². The lowest BCUT2D eigenvalue weighted by molar-refractivity contribution is -0.385. The number of halogens is 1. The van der Waals surface area contributed by atoms with Crippen molar-refractivity contribution in [1.82, 2.24) is 5.32 Å². The number of rotatable bonds is 5. The molecule has 1 aromatic carbocycles. The molecule has 0 aromatic heterocycles. The summed E-state index contributed by atoms with van der Waals surface area (Å²) in [5, 5.41) is 13.7. The number of carbonyl (C=O) groups excluding carboxylic acids is 1. The van der Waals surface area contributed by atoms with Crippen LogP contribution in [0.25, 0.3) is 0 Å². The highest BCUT2D eigenvalue weighted by Gasteiger charge is 2.24. The van der Waals surface area contributed by atoms with Crippen molar-refractivity contribution in [3.63, 3.8) is 0 Å². The van der Waals surface area contributed by atoms with E-state index in [9.17, 15) is 14.9 Å². The van der Waals surface area contributed by atoms with Gasteiger partial charge in [0.1, 0.15) is 4.47 Å². The predicted molar refractivity (Wildman–Crippen MR) is 77.2 cm³/mol. The van der Waals surface area contributed by atoms with Crippen molar-refractivity contribution in [2.45, 2.75) is 39.2 Å². The molecule has 0 fully saturated rings. The Morgan fingerprint density at radius 1 is 1.47 bits per heavy atom. The van der Waals surface area contributed by atoms with Crippen LogP contribution in [0.15, 0.2) is 22.7 Å². The van der Waals surface area contributed by atoms with Crippen LogP contribution in [0.3, 0.4) is 0 Å². The van der Waals surface area contributed by atoms with Gasteiger partial charge in [-0.1, -0.05) is 19.4 Å². The summed E-state index contributed by atoms with van der Waals surface area (Å²) in [7, 11) is 0. The largest absolute Gasteiger partial charge is 0.347 e. The number of carbonyl (C=O) groups is 1. The van der Waals surface area contributed by atoms with Crippen molar-refractivity contribution in [3.8, 4) is 0 Å². The summed E-state index contributed by atoms with van der Waals surface area (Å²) in [5.41, 5.74) is -0.171. The molecule has 19 heavy (non-hydrogen) atoms. The van der Waals surface area contributed by atoms with E-state index in [-0.39, 0.29) is 27.2 Å². The fourth-order valence-electron chi connectivity index (χ4n) is 1.90. The quantitative estimate of drug-likeness (QED) is 0.662. The van der Waals surface area contributed by atoms with Crippen molar-refractivity contribution < 1.29 is 9.72 Å². The highest BCUT2D eigenvalue weighted by molar-refractivity contribution is 9.10. The molecule has 0 saturated carbocycles. The van der Waals surface area contributed by atoms with Gasteiger partial charge in [0.25, 0.3) is 11.6 Å². The van der Waals surface area contributed by atoms with Gasteiger partial charge < -0.3 is 5.32 Å². The number of nitrogens with one attached hydrogen (secondary N) is 1. The summed E-state index contributed by atoms with van der Waals surface area (Å²) < 4.78 is 0.213. The second-order valence-electron chi connectivity index (χ2n) is 4.98. The number of hydrogen-bond acceptors (Lipinski definition) is 3. The van der Waals surface area contributed by atoms with Crippen LogP contribution in [0.2, 0.25) is 0 Å². The molecule has 0 bridgehead atoms. The number of hydrogen-bond donors (Lipinski definition) is 1. The minimum atomic E-state index is -0.516. The number of benzene rings is 1. The first kappa shape index (κ1) is 15.6. The summed E-state index contributed by atoms with van der Waals surface area (Å²) in [5.74, 6) is -0.311. The fourth-order valence-corrected chi connectivity index (χ4v) is 2.49. The zero-order chi connectivity index (χ0) is 14.6. The number of nitro groups is 1. The maximum atomic E-state index is 12.2. The minimum absolute atomic E-state index is 0.110. The Kier molecular flexibility index (Phi) is 5.05. The summed E-state index contributed by atoms with van der Waals surface area (Å²) in [6, 6.07) is 4.43. The van der Waals surface area contributed by atoms with Gasteiger partial charge in [-0.3, -0.25) is 14.9 Å². The SMILES string of the molecule is CCCC(C)(C)NC(=O)c1cccc([N+](=O)[O-])c1Br. The molecule has 0 spiro atoms. The van der Waals surface area contributed by atoms with Crippen LogP contribution in [0, 0.1) is 10.1 Å². The average Bonchev–Trinajstić information content (AvgIpc) is 2.27. The molecule has 0 saturated heterocycles. The van der Waals surface area contributed by atoms with Gasteiger partial charge in [0.05, 0.1) is 10.5 Å². The summed E-state index contributed by atoms with van der Waals surface area (Å²) in [6.45, 7) is 5.90. The normalized spacial score (nSPS) is 11.2. The van der Waals surface area contributed by atoms with Gasteiger partial charge >= 0.3 is 0 Å². The van der Waals surface area contributed by atoms with E-state index < -0.39 is 4.92 Å². The van der Waals surface area contributed by atoms with Gasteiger partial charge in [-0.05, 0) is 42.3 Å². The first-order valence-corrected chi connectivity index (χ1v) is 6.83. The Morgan fingerprint density at radius 2 is 2.11 bits per heavy atom. The van der Waals surface area contributed by atoms with Crippen molar-refractivity contribution >= 4 is 27.5 Å². The van der Waals surface area contributed by atoms with E-state index in [1.54, 1.807) is 6.07 Å². The summed E-state index contributed by atoms with van der Waals surface area (Å²) in [6.07, 6.45) is 1.79. The Hall–Kier alpha value is -1.43. The van der Waals surface area contributed by atoms with E-state index in [0.717, 1.165) is 12.8 Å². The van der Waals surface area contributed by atoms with E-state index in [1.165, 1.54) is 12.1 Å². The topological polar surface area (TPSA) is 72.2 Å². The van der Waals surface area contributed by atoms with Gasteiger partial charge in [-0.15, -0.1) is 0 Å². The van der Waals surface area contributed by atoms with Gasteiger partial charge in [0.2, 0.25) is 0 Å². The van der Waals surface area contributed by atoms with E-state index in [2.05, 4.69) is 21.2 Å². The third-order valence-electron chi connectivity index (χ3n) is 2.75. The molecular formula is C13H17BrN2O3. The lowest BCUT2D eigenvalue weighted by atomic mass is 9.98. The average molecular weight is 329 g/mol. The Balaban J connectivity index is 3.01. The fraction of sp³-hybridized carbons (Fsp3) is 0.462. The lowest BCUT2D eigenvalue weighted by Gasteiger charge is -2.26. The molecule has 5 nitrogen and oxygen atoms in total. The van der Waals surface area contributed by atoms with Gasteiger partial charge in [0.15, 0.2) is 0 Å². The maximum Gasteiger partial charge on any atom is 0.284 e. The third kappa shape index (κ3) is 4.02. The monoisotopic (exact) mass is 328 g/mol. The molecule has 104 valence electrons. The van der Waals surface area contributed by atoms with Crippen molar-refractivity contribution in [1.29, 1.82) is 0 Å². The summed E-state index contributed by atoms with van der Waals surface area (Å²) in [4.78, 5) is 22.5. The molecule has 0 unspecified atom stereocenters. The van der Waals surface area contributed by atoms with Crippen molar-refractivity contribution in [2.75, 3.05) is 0 Å². The maximum absolute atomic E-state index is 12.2. The Labute approximate surface area is 120 Å². The van der Waals surface area contributed by atoms with Crippen LogP contribution in [-0.4, -0.2) is 16.4 Å². The smallest absolute Gasteiger partial charge is 0.284 e. The second kappa shape index (κ2) is 6.14. The van der Waals surface area contributed by atoms with Crippen LogP contribution in [0.5, 0.6) is 0 Å². The van der Waals surface area contributed by atoms with Crippen LogP contribution in [-0.2, 0) is 0 Å². The van der Waals surface area contributed by atoms with Crippen LogP contribution < -0.4 is 5.32 Å². The van der Waals surface area contributed by atoms with E-state index >= 15 is 0 Å². The first-order chi connectivity index (χ1) is 8.78. The molecule has 1 N–H and O–H groups in total. The Morgan fingerprint density at radius 3 is 2.63 bits per heavy atom. The molecule has 0 radical (unpaired) electrons. The van der Waals surface area contributed by atoms with Gasteiger partial charge in [-0.2, -0.15) is 0 Å². The van der Waals surface area contributed by atoms with Crippen molar-refractivity contribution in [2.24, 2.45) is 0 Å². The zero-order valence-corrected chi connectivity index (χ0v) is 12.8. The standard InChI is InChI=1S/C13H17BrN2O3/c1-4-8-13(2,3)15-12(17)9-6-5-7-10(11(9)14)16(18)19/h5-7H,4,8H2,1-3H3,(H,15,17). The number of amides is 1. The predicted octanol–water partition coefficient (Wildman–Crippen LogP) is 3.67. The molecule has 1 rings (SSSR count). The number of nitrogens with zero attached hydrogens (tertiary/aromatic N) is 1. The van der Waals surface area contributed by atoms with Crippen LogP contribution >= 0.6 is 15.9 Å². The van der Waals surface area contributed by atoms with Gasteiger partial charge in [0, 0.05) is 11.6 Å². The number of nitro benzene ring substituents is 1. The highest BCUT2D eigenvalue weighted by Crippen LogP contribution is 2.28. The zero-order valence-electron chi connectivity index (χ0n) is 11.2. The minimum Gasteiger partial charge on any atom is -0.347 e. The molecule has 6 heteroatoms. The summed E-state index contributed by atoms with van der Waals surface area (Å²) >= 11 is 3.13. The molecule has 0 heterocycles. The molecular weight excluding hydrogens is 312 g/mol. The Bertz CT molecular complexity index is 501. The van der Waals surface area contributed by atoms with Crippen LogP contribution in [0.1, 0.15) is 44.0 Å². The van der Waals surface area contributed by atoms with E-state index in [0.29, 0.717) is 0 Å². The van der Waals surface area contributed by atoms with Crippen molar-refractivity contribution in [3.05, 3.63) is 38.3 Å². The molecule has 0 aliphatic heterocycles. The molecule has 1 amide bonds. The first-order valence-electron chi connectivity index (χ1n) is 6.04.